The van der Waals surface area contributed by atoms with E-state index in [2.05, 4.69) is 30.1 Å². The molecule has 2 aromatic carbocycles. The lowest BCUT2D eigenvalue weighted by atomic mass is 9.99. The van der Waals surface area contributed by atoms with E-state index >= 15 is 0 Å². The Morgan fingerprint density at radius 1 is 1.00 bits per heavy atom. The Morgan fingerprint density at radius 3 is 2.52 bits per heavy atom. The van der Waals surface area contributed by atoms with Crippen LogP contribution in [0.15, 0.2) is 66.9 Å². The average molecular weight is 304 g/mol. The van der Waals surface area contributed by atoms with E-state index < -0.39 is 0 Å². The number of aromatic nitrogens is 1. The number of hydrogen-bond acceptors (Lipinski definition) is 3. The van der Waals surface area contributed by atoms with Crippen molar-refractivity contribution in [1.82, 2.24) is 4.98 Å². The van der Waals surface area contributed by atoms with Crippen molar-refractivity contribution in [1.29, 1.82) is 0 Å². The molecule has 0 amide bonds. The highest BCUT2D eigenvalue weighted by molar-refractivity contribution is 5.67. The zero-order valence-corrected chi connectivity index (χ0v) is 13.2. The van der Waals surface area contributed by atoms with Crippen molar-refractivity contribution in [3.05, 3.63) is 83.6 Å². The van der Waals surface area contributed by atoms with E-state index in [0.717, 1.165) is 22.3 Å². The summed E-state index contributed by atoms with van der Waals surface area (Å²) in [6.07, 6.45) is 1.84. The average Bonchev–Trinajstić information content (AvgIpc) is 2.61. The number of rotatable bonds is 5. The minimum absolute atomic E-state index is 0.516. The summed E-state index contributed by atoms with van der Waals surface area (Å²) in [5, 5.41) is 0. The fourth-order valence-electron chi connectivity index (χ4n) is 2.49. The smallest absolute Gasteiger partial charge is 0.213 e. The Labute approximate surface area is 136 Å². The molecule has 0 bridgehead atoms. The summed E-state index contributed by atoms with van der Waals surface area (Å²) >= 11 is 0. The summed E-state index contributed by atoms with van der Waals surface area (Å²) in [5.74, 6) is 0.625. The number of nitrogens with two attached hydrogens (primary N) is 1. The van der Waals surface area contributed by atoms with Crippen LogP contribution in [0.2, 0.25) is 0 Å². The van der Waals surface area contributed by atoms with Gasteiger partial charge in [0.25, 0.3) is 0 Å². The molecule has 0 aliphatic heterocycles. The predicted octanol–water partition coefficient (Wildman–Crippen LogP) is 4.09. The van der Waals surface area contributed by atoms with Crippen molar-refractivity contribution in [2.24, 2.45) is 5.73 Å². The number of pyridine rings is 1. The van der Waals surface area contributed by atoms with Gasteiger partial charge in [0.1, 0.15) is 6.61 Å². The summed E-state index contributed by atoms with van der Waals surface area (Å²) in [4.78, 5) is 4.41. The fraction of sp³-hybridized carbons (Fsp3) is 0.150. The van der Waals surface area contributed by atoms with Gasteiger partial charge in [0.2, 0.25) is 5.88 Å². The van der Waals surface area contributed by atoms with Crippen molar-refractivity contribution in [2.45, 2.75) is 20.1 Å². The lowest BCUT2D eigenvalue weighted by molar-refractivity contribution is 0.294. The molecule has 116 valence electrons. The Kier molecular flexibility index (Phi) is 4.69. The molecule has 3 heteroatoms. The molecule has 0 unspecified atom stereocenters. The lowest BCUT2D eigenvalue weighted by Gasteiger charge is -2.10. The van der Waals surface area contributed by atoms with Crippen molar-refractivity contribution < 1.29 is 4.74 Å². The molecule has 0 atom stereocenters. The van der Waals surface area contributed by atoms with Crippen LogP contribution < -0.4 is 10.5 Å². The molecule has 1 aromatic heterocycles. The van der Waals surface area contributed by atoms with Gasteiger partial charge < -0.3 is 10.5 Å². The Bertz CT molecular complexity index is 767. The normalized spacial score (nSPS) is 10.5. The Balaban J connectivity index is 1.76. The van der Waals surface area contributed by atoms with Gasteiger partial charge in [-0.05, 0) is 29.7 Å². The SMILES string of the molecule is Cc1ccc(CN)c(-c2ccc(OCc3ccccc3)nc2)c1. The number of ether oxygens (including phenoxy) is 1. The summed E-state index contributed by atoms with van der Waals surface area (Å²) < 4.78 is 5.73. The minimum Gasteiger partial charge on any atom is -0.473 e. The van der Waals surface area contributed by atoms with Gasteiger partial charge in [-0.2, -0.15) is 0 Å². The molecule has 3 aromatic rings. The quantitative estimate of drug-likeness (QED) is 0.772. The van der Waals surface area contributed by atoms with Crippen molar-refractivity contribution >= 4 is 0 Å². The number of nitrogens with zero attached hydrogens (tertiary/aromatic N) is 1. The van der Waals surface area contributed by atoms with Crippen LogP contribution in [0.4, 0.5) is 0 Å². The van der Waals surface area contributed by atoms with Gasteiger partial charge in [0.15, 0.2) is 0 Å². The largest absolute Gasteiger partial charge is 0.473 e. The molecule has 0 radical (unpaired) electrons. The van der Waals surface area contributed by atoms with E-state index in [1.54, 1.807) is 0 Å². The van der Waals surface area contributed by atoms with Gasteiger partial charge >= 0.3 is 0 Å². The van der Waals surface area contributed by atoms with Crippen LogP contribution in [0.25, 0.3) is 11.1 Å². The highest BCUT2D eigenvalue weighted by Crippen LogP contribution is 2.25. The van der Waals surface area contributed by atoms with Crippen LogP contribution in [0.5, 0.6) is 5.88 Å². The van der Waals surface area contributed by atoms with E-state index in [9.17, 15) is 0 Å². The van der Waals surface area contributed by atoms with Gasteiger partial charge in [0, 0.05) is 24.4 Å². The van der Waals surface area contributed by atoms with Crippen molar-refractivity contribution in [3.63, 3.8) is 0 Å². The number of benzene rings is 2. The van der Waals surface area contributed by atoms with E-state index in [4.69, 9.17) is 10.5 Å². The van der Waals surface area contributed by atoms with Crippen molar-refractivity contribution in [3.8, 4) is 17.0 Å². The van der Waals surface area contributed by atoms with Gasteiger partial charge in [0.05, 0.1) is 0 Å². The molecule has 0 spiro atoms. The Hall–Kier alpha value is -2.65. The second kappa shape index (κ2) is 7.07. The van der Waals surface area contributed by atoms with Crippen LogP contribution in [-0.4, -0.2) is 4.98 Å². The molecule has 2 N–H and O–H groups in total. The first-order valence-electron chi connectivity index (χ1n) is 7.69. The van der Waals surface area contributed by atoms with Gasteiger partial charge in [-0.15, -0.1) is 0 Å². The highest BCUT2D eigenvalue weighted by Gasteiger charge is 2.06. The summed E-state index contributed by atoms with van der Waals surface area (Å²) in [6.45, 7) is 3.11. The first kappa shape index (κ1) is 15.3. The van der Waals surface area contributed by atoms with Crippen LogP contribution in [0.3, 0.4) is 0 Å². The first-order chi connectivity index (χ1) is 11.3. The summed E-state index contributed by atoms with van der Waals surface area (Å²) in [6, 6.07) is 20.3. The van der Waals surface area contributed by atoms with E-state index in [0.29, 0.717) is 19.0 Å². The molecule has 3 nitrogen and oxygen atoms in total. The van der Waals surface area contributed by atoms with Gasteiger partial charge in [-0.1, -0.05) is 54.1 Å². The maximum absolute atomic E-state index is 5.83. The standard InChI is InChI=1S/C20H20N2O/c1-15-7-8-17(12-21)19(11-15)18-9-10-20(22-13-18)23-14-16-5-3-2-4-6-16/h2-11,13H,12,14,21H2,1H3. The van der Waals surface area contributed by atoms with Crippen molar-refractivity contribution in [2.75, 3.05) is 0 Å². The second-order valence-corrected chi connectivity index (χ2v) is 5.52. The van der Waals surface area contributed by atoms with Gasteiger partial charge in [-0.25, -0.2) is 4.98 Å². The molecule has 3 rings (SSSR count). The number of aryl methyl sites for hydroxylation is 1. The maximum Gasteiger partial charge on any atom is 0.213 e. The molecule has 23 heavy (non-hydrogen) atoms. The zero-order chi connectivity index (χ0) is 16.1. The molecular weight excluding hydrogens is 284 g/mol. The predicted molar refractivity (Wildman–Crippen MR) is 93.1 cm³/mol. The Morgan fingerprint density at radius 2 is 1.83 bits per heavy atom. The van der Waals surface area contributed by atoms with Crippen LogP contribution in [-0.2, 0) is 13.2 Å². The molecule has 0 aliphatic rings. The van der Waals surface area contributed by atoms with E-state index in [1.807, 2.05) is 48.7 Å². The van der Waals surface area contributed by atoms with E-state index in [-0.39, 0.29) is 0 Å². The summed E-state index contributed by atoms with van der Waals surface area (Å²) in [5.41, 5.74) is 11.5. The van der Waals surface area contributed by atoms with Crippen LogP contribution in [0.1, 0.15) is 16.7 Å². The third kappa shape index (κ3) is 3.76. The first-order valence-corrected chi connectivity index (χ1v) is 7.69. The van der Waals surface area contributed by atoms with Gasteiger partial charge in [-0.3, -0.25) is 0 Å². The second-order valence-electron chi connectivity index (χ2n) is 5.52. The molecular formula is C20H20N2O. The topological polar surface area (TPSA) is 48.1 Å². The molecule has 0 aliphatic carbocycles. The highest BCUT2D eigenvalue weighted by atomic mass is 16.5. The van der Waals surface area contributed by atoms with E-state index in [1.165, 1.54) is 5.56 Å². The number of hydrogen-bond donors (Lipinski definition) is 1. The third-order valence-electron chi connectivity index (χ3n) is 3.76. The third-order valence-corrected chi connectivity index (χ3v) is 3.76. The molecule has 0 fully saturated rings. The zero-order valence-electron chi connectivity index (χ0n) is 13.2. The maximum atomic E-state index is 5.83. The monoisotopic (exact) mass is 304 g/mol. The summed E-state index contributed by atoms with van der Waals surface area (Å²) in [7, 11) is 0. The lowest BCUT2D eigenvalue weighted by Crippen LogP contribution is -2.00. The van der Waals surface area contributed by atoms with Crippen LogP contribution >= 0.6 is 0 Å². The molecule has 0 saturated carbocycles. The minimum atomic E-state index is 0.516. The molecule has 0 saturated heterocycles. The fourth-order valence-corrected chi connectivity index (χ4v) is 2.49. The molecule has 1 heterocycles. The van der Waals surface area contributed by atoms with Crippen LogP contribution in [0, 0.1) is 6.92 Å².